The van der Waals surface area contributed by atoms with Crippen LogP contribution in [0.5, 0.6) is 0 Å². The molecule has 0 heterocycles. The third-order valence-electron chi connectivity index (χ3n) is 3.03. The lowest BCUT2D eigenvalue weighted by Gasteiger charge is -2.20. The van der Waals surface area contributed by atoms with Crippen LogP contribution in [0, 0.1) is 0 Å². The average Bonchev–Trinajstić information content (AvgIpc) is 2.47. The Balaban J connectivity index is 2.48. The number of amides is 1. The van der Waals surface area contributed by atoms with Gasteiger partial charge in [0.2, 0.25) is 0 Å². The molecule has 110 valence electrons. The number of allylic oxidation sites excluding steroid dienone is 1. The van der Waals surface area contributed by atoms with Crippen LogP contribution in [0.3, 0.4) is 0 Å². The summed E-state index contributed by atoms with van der Waals surface area (Å²) in [4.78, 5) is 16.1. The minimum atomic E-state index is -0.442. The largest absolute Gasteiger partial charge is 0.431 e. The zero-order valence-electron chi connectivity index (χ0n) is 11.8. The van der Waals surface area contributed by atoms with Crippen molar-refractivity contribution in [3.8, 4) is 0 Å². The number of carbonyl (C=O) groups is 1. The van der Waals surface area contributed by atoms with Gasteiger partial charge in [-0.2, -0.15) is 23.5 Å². The molecule has 0 spiro atoms. The van der Waals surface area contributed by atoms with Crippen LogP contribution in [0.4, 0.5) is 4.79 Å². The van der Waals surface area contributed by atoms with Gasteiger partial charge < -0.3 is 10.2 Å². The maximum atomic E-state index is 11.1. The number of hydrogen-bond acceptors (Lipinski definition) is 5. The van der Waals surface area contributed by atoms with Crippen LogP contribution in [0.15, 0.2) is 11.3 Å². The number of hydroxylamine groups is 1. The van der Waals surface area contributed by atoms with E-state index >= 15 is 0 Å². The predicted octanol–water partition coefficient (Wildman–Crippen LogP) is 3.16. The Labute approximate surface area is 124 Å². The van der Waals surface area contributed by atoms with Gasteiger partial charge in [-0.1, -0.05) is 6.42 Å². The molecule has 0 aromatic heterocycles. The fourth-order valence-corrected chi connectivity index (χ4v) is 3.71. The number of hydrogen-bond donors (Lipinski definition) is 2. The highest BCUT2D eigenvalue weighted by Gasteiger charge is 2.13. The van der Waals surface area contributed by atoms with Crippen LogP contribution in [-0.4, -0.2) is 36.7 Å². The molecule has 4 nitrogen and oxygen atoms in total. The molecule has 1 fully saturated rings. The number of rotatable bonds is 7. The Bertz CT molecular complexity index is 301. The Morgan fingerprint density at radius 1 is 1.26 bits per heavy atom. The molecule has 6 heteroatoms. The first kappa shape index (κ1) is 16.6. The van der Waals surface area contributed by atoms with Gasteiger partial charge in [-0.3, -0.25) is 0 Å². The number of carbonyl (C=O) groups excluding carboxylic acids is 1. The molecule has 1 saturated carbocycles. The van der Waals surface area contributed by atoms with Crippen LogP contribution >= 0.6 is 23.5 Å². The fraction of sp³-hybridized carbons (Fsp3) is 0.769. The van der Waals surface area contributed by atoms with Crippen molar-refractivity contribution >= 4 is 29.6 Å². The molecule has 0 aliphatic heterocycles. The van der Waals surface area contributed by atoms with E-state index in [0.717, 1.165) is 35.8 Å². The third-order valence-corrected chi connectivity index (χ3v) is 4.89. The van der Waals surface area contributed by atoms with E-state index in [1.807, 2.05) is 23.5 Å². The van der Waals surface area contributed by atoms with Crippen molar-refractivity contribution in [1.82, 2.24) is 10.8 Å². The van der Waals surface area contributed by atoms with E-state index in [2.05, 4.69) is 17.1 Å². The van der Waals surface area contributed by atoms with Crippen molar-refractivity contribution in [2.75, 3.05) is 30.6 Å². The predicted molar refractivity (Wildman–Crippen MR) is 84.5 cm³/mol. The van der Waals surface area contributed by atoms with Gasteiger partial charge in [0.1, 0.15) is 0 Å². The summed E-state index contributed by atoms with van der Waals surface area (Å²) in [5.41, 5.74) is 5.37. The summed E-state index contributed by atoms with van der Waals surface area (Å²) in [6.07, 6.45) is 7.74. The lowest BCUT2D eigenvalue weighted by Crippen LogP contribution is -2.28. The highest BCUT2D eigenvalue weighted by Crippen LogP contribution is 2.26. The summed E-state index contributed by atoms with van der Waals surface area (Å²) in [5, 5.41) is 2.44. The van der Waals surface area contributed by atoms with Crippen LogP contribution in [0.25, 0.3) is 0 Å². The van der Waals surface area contributed by atoms with Crippen LogP contribution < -0.4 is 10.8 Å². The molecule has 0 unspecified atom stereocenters. The van der Waals surface area contributed by atoms with Crippen molar-refractivity contribution in [2.24, 2.45) is 0 Å². The molecular weight excluding hydrogens is 280 g/mol. The van der Waals surface area contributed by atoms with Gasteiger partial charge in [-0.25, -0.2) is 10.3 Å². The molecule has 0 aromatic carbocycles. The monoisotopic (exact) mass is 304 g/mol. The third kappa shape index (κ3) is 7.01. The molecule has 2 N–H and O–H groups in total. The summed E-state index contributed by atoms with van der Waals surface area (Å²) in [7, 11) is 1.56. The zero-order chi connectivity index (χ0) is 13.9. The fourth-order valence-electron chi connectivity index (χ4n) is 1.96. The molecule has 1 rings (SSSR count). The summed E-state index contributed by atoms with van der Waals surface area (Å²) in [6.45, 7) is 0. The molecule has 1 aliphatic rings. The van der Waals surface area contributed by atoms with Gasteiger partial charge in [0.25, 0.3) is 0 Å². The highest BCUT2D eigenvalue weighted by atomic mass is 32.2. The van der Waals surface area contributed by atoms with E-state index in [1.54, 1.807) is 7.05 Å². The Kier molecular flexibility index (Phi) is 8.99. The van der Waals surface area contributed by atoms with E-state index in [9.17, 15) is 4.79 Å². The standard InChI is InChI=1S/C13H24N2O2S2/c1-14-13(16)17-15-12(10-19-9-8-18-2)11-6-4-3-5-7-11/h15H,3-10H2,1-2H3,(H,14,16). The van der Waals surface area contributed by atoms with E-state index in [-0.39, 0.29) is 0 Å². The van der Waals surface area contributed by atoms with Crippen molar-refractivity contribution in [1.29, 1.82) is 0 Å². The maximum Gasteiger partial charge on any atom is 0.431 e. The highest BCUT2D eigenvalue weighted by molar-refractivity contribution is 8.02. The smallest absolute Gasteiger partial charge is 0.325 e. The summed E-state index contributed by atoms with van der Waals surface area (Å²) >= 11 is 3.74. The van der Waals surface area contributed by atoms with Gasteiger partial charge in [-0.15, -0.1) is 0 Å². The van der Waals surface area contributed by atoms with Crippen LogP contribution in [-0.2, 0) is 4.84 Å². The van der Waals surface area contributed by atoms with E-state index in [1.165, 1.54) is 24.8 Å². The lowest BCUT2D eigenvalue weighted by atomic mass is 9.94. The Morgan fingerprint density at radius 3 is 2.63 bits per heavy atom. The molecule has 0 atom stereocenters. The van der Waals surface area contributed by atoms with Crippen LogP contribution in [0.2, 0.25) is 0 Å². The topological polar surface area (TPSA) is 50.4 Å². The molecule has 1 aliphatic carbocycles. The summed E-state index contributed by atoms with van der Waals surface area (Å²) in [6, 6.07) is 0. The van der Waals surface area contributed by atoms with E-state index in [0.29, 0.717) is 0 Å². The van der Waals surface area contributed by atoms with E-state index < -0.39 is 6.09 Å². The maximum absolute atomic E-state index is 11.1. The van der Waals surface area contributed by atoms with Crippen molar-refractivity contribution in [2.45, 2.75) is 32.1 Å². The minimum Gasteiger partial charge on any atom is -0.325 e. The molecule has 0 radical (unpaired) electrons. The van der Waals surface area contributed by atoms with Gasteiger partial charge in [0, 0.05) is 24.3 Å². The molecule has 0 aromatic rings. The van der Waals surface area contributed by atoms with Gasteiger partial charge in [0.05, 0.1) is 5.70 Å². The first-order valence-electron chi connectivity index (χ1n) is 6.70. The molecule has 0 bridgehead atoms. The molecule has 0 saturated heterocycles. The zero-order valence-corrected chi connectivity index (χ0v) is 13.4. The average molecular weight is 304 g/mol. The van der Waals surface area contributed by atoms with Crippen molar-refractivity contribution in [3.63, 3.8) is 0 Å². The number of thioether (sulfide) groups is 2. The second-order valence-corrected chi connectivity index (χ2v) is 6.52. The quantitative estimate of drug-likeness (QED) is 0.559. The van der Waals surface area contributed by atoms with Gasteiger partial charge in [0.15, 0.2) is 0 Å². The van der Waals surface area contributed by atoms with E-state index in [4.69, 9.17) is 4.84 Å². The van der Waals surface area contributed by atoms with Gasteiger partial charge in [-0.05, 0) is 37.5 Å². The minimum absolute atomic E-state index is 0.442. The van der Waals surface area contributed by atoms with Gasteiger partial charge >= 0.3 is 6.09 Å². The first-order valence-corrected chi connectivity index (χ1v) is 9.25. The van der Waals surface area contributed by atoms with Crippen molar-refractivity contribution in [3.05, 3.63) is 11.3 Å². The van der Waals surface area contributed by atoms with Crippen LogP contribution in [0.1, 0.15) is 32.1 Å². The summed E-state index contributed by atoms with van der Waals surface area (Å²) in [5.74, 6) is 3.18. The van der Waals surface area contributed by atoms with Crippen molar-refractivity contribution < 1.29 is 9.63 Å². The lowest BCUT2D eigenvalue weighted by molar-refractivity contribution is 0.107. The second-order valence-electron chi connectivity index (χ2n) is 4.43. The molecule has 19 heavy (non-hydrogen) atoms. The number of nitrogens with one attached hydrogen (secondary N) is 2. The molecule has 1 amide bonds. The summed E-state index contributed by atoms with van der Waals surface area (Å²) < 4.78 is 0. The first-order chi connectivity index (χ1) is 9.27. The second kappa shape index (κ2) is 10.3. The normalized spacial score (nSPS) is 14.9. The Morgan fingerprint density at radius 2 is 2.00 bits per heavy atom. The SMILES string of the molecule is CNC(=O)ONC(CSCCSC)=C1CCCCC1. The molecular formula is C13H24N2O2S2. The Hall–Kier alpha value is -0.490.